The number of sulfone groups is 1. The minimum Gasteiger partial charge on any atom is -0.224 e. The van der Waals surface area contributed by atoms with Gasteiger partial charge in [-0.15, -0.1) is 0 Å². The standard InChI is InChI=1S/C12H16O2S/c1-3-4-5-10-15(13,14)12-8-6-11(2)7-9-12/h3-4,6-9H,5,10H2,1-2H3. The van der Waals surface area contributed by atoms with Gasteiger partial charge < -0.3 is 0 Å². The van der Waals surface area contributed by atoms with Gasteiger partial charge in [-0.2, -0.15) is 0 Å². The lowest BCUT2D eigenvalue weighted by Crippen LogP contribution is -2.05. The quantitative estimate of drug-likeness (QED) is 0.737. The molecule has 0 atom stereocenters. The summed E-state index contributed by atoms with van der Waals surface area (Å²) in [6, 6.07) is 6.98. The molecule has 0 aliphatic heterocycles. The van der Waals surface area contributed by atoms with Crippen LogP contribution < -0.4 is 0 Å². The van der Waals surface area contributed by atoms with Gasteiger partial charge in [0.25, 0.3) is 0 Å². The first kappa shape index (κ1) is 12.0. The number of allylic oxidation sites excluding steroid dienone is 2. The lowest BCUT2D eigenvalue weighted by atomic mass is 10.2. The third kappa shape index (κ3) is 3.51. The van der Waals surface area contributed by atoms with Crippen LogP contribution in [0.5, 0.6) is 0 Å². The van der Waals surface area contributed by atoms with Gasteiger partial charge in [-0.25, -0.2) is 8.42 Å². The predicted octanol–water partition coefficient (Wildman–Crippen LogP) is 2.73. The van der Waals surface area contributed by atoms with Gasteiger partial charge >= 0.3 is 0 Å². The van der Waals surface area contributed by atoms with Crippen molar-refractivity contribution in [3.05, 3.63) is 42.0 Å². The highest BCUT2D eigenvalue weighted by molar-refractivity contribution is 7.91. The van der Waals surface area contributed by atoms with Gasteiger partial charge in [0.15, 0.2) is 9.84 Å². The summed E-state index contributed by atoms with van der Waals surface area (Å²) in [5, 5.41) is 0. The van der Waals surface area contributed by atoms with Crippen molar-refractivity contribution < 1.29 is 8.42 Å². The molecule has 2 nitrogen and oxygen atoms in total. The van der Waals surface area contributed by atoms with Crippen molar-refractivity contribution in [3.8, 4) is 0 Å². The maximum absolute atomic E-state index is 11.8. The Morgan fingerprint density at radius 3 is 2.33 bits per heavy atom. The minimum atomic E-state index is -3.10. The van der Waals surface area contributed by atoms with E-state index in [2.05, 4.69) is 0 Å². The van der Waals surface area contributed by atoms with E-state index in [4.69, 9.17) is 0 Å². The first-order chi connectivity index (χ1) is 7.06. The Hall–Kier alpha value is -1.09. The molecule has 1 aromatic rings. The fourth-order valence-corrected chi connectivity index (χ4v) is 2.49. The highest BCUT2D eigenvalue weighted by Gasteiger charge is 2.12. The van der Waals surface area contributed by atoms with Gasteiger partial charge in [-0.05, 0) is 32.4 Å². The molecule has 82 valence electrons. The topological polar surface area (TPSA) is 34.1 Å². The Morgan fingerprint density at radius 1 is 1.20 bits per heavy atom. The van der Waals surface area contributed by atoms with E-state index in [1.54, 1.807) is 12.1 Å². The summed E-state index contributed by atoms with van der Waals surface area (Å²) >= 11 is 0. The van der Waals surface area contributed by atoms with Crippen LogP contribution >= 0.6 is 0 Å². The number of aryl methyl sites for hydroxylation is 1. The number of benzene rings is 1. The Kier molecular flexibility index (Phi) is 4.09. The van der Waals surface area contributed by atoms with E-state index in [0.717, 1.165) is 5.56 Å². The van der Waals surface area contributed by atoms with E-state index >= 15 is 0 Å². The summed E-state index contributed by atoms with van der Waals surface area (Å²) < 4.78 is 23.6. The monoisotopic (exact) mass is 224 g/mol. The van der Waals surface area contributed by atoms with Crippen molar-refractivity contribution in [2.45, 2.75) is 25.2 Å². The van der Waals surface area contributed by atoms with Crippen LogP contribution in [0.25, 0.3) is 0 Å². The average Bonchev–Trinajstić information content (AvgIpc) is 2.18. The summed E-state index contributed by atoms with van der Waals surface area (Å²) in [4.78, 5) is 0.414. The molecule has 3 heteroatoms. The molecule has 0 aliphatic rings. The van der Waals surface area contributed by atoms with Gasteiger partial charge in [0.1, 0.15) is 0 Å². The van der Waals surface area contributed by atoms with E-state index < -0.39 is 9.84 Å². The predicted molar refractivity (Wildman–Crippen MR) is 62.7 cm³/mol. The lowest BCUT2D eigenvalue weighted by Gasteiger charge is -2.02. The lowest BCUT2D eigenvalue weighted by molar-refractivity contribution is 0.595. The van der Waals surface area contributed by atoms with Gasteiger partial charge in [0, 0.05) is 0 Å². The smallest absolute Gasteiger partial charge is 0.178 e. The summed E-state index contributed by atoms with van der Waals surface area (Å²) in [6.45, 7) is 3.83. The maximum Gasteiger partial charge on any atom is 0.178 e. The van der Waals surface area contributed by atoms with Crippen LogP contribution in [0.3, 0.4) is 0 Å². The van der Waals surface area contributed by atoms with Crippen LogP contribution in [0.15, 0.2) is 41.3 Å². The van der Waals surface area contributed by atoms with Crippen molar-refractivity contribution in [2.24, 2.45) is 0 Å². The Labute approximate surface area is 91.6 Å². The van der Waals surface area contributed by atoms with E-state index in [-0.39, 0.29) is 5.75 Å². The minimum absolute atomic E-state index is 0.181. The molecule has 0 saturated heterocycles. The molecular formula is C12H16O2S. The van der Waals surface area contributed by atoms with Crippen LogP contribution in [-0.4, -0.2) is 14.2 Å². The second kappa shape index (κ2) is 5.12. The molecule has 0 heterocycles. The number of rotatable bonds is 4. The van der Waals surface area contributed by atoms with E-state index in [1.165, 1.54) is 0 Å². The largest absolute Gasteiger partial charge is 0.224 e. The Morgan fingerprint density at radius 2 is 1.80 bits per heavy atom. The molecule has 15 heavy (non-hydrogen) atoms. The van der Waals surface area contributed by atoms with Crippen LogP contribution in [0, 0.1) is 6.92 Å². The normalized spacial score (nSPS) is 12.1. The van der Waals surface area contributed by atoms with Crippen molar-refractivity contribution in [1.29, 1.82) is 0 Å². The Balaban J connectivity index is 2.82. The fraction of sp³-hybridized carbons (Fsp3) is 0.333. The molecule has 0 amide bonds. The number of hydrogen-bond donors (Lipinski definition) is 0. The molecule has 1 rings (SSSR count). The summed E-state index contributed by atoms with van der Waals surface area (Å²) in [7, 11) is -3.10. The molecule has 0 radical (unpaired) electrons. The van der Waals surface area contributed by atoms with Crippen LogP contribution in [0.2, 0.25) is 0 Å². The fourth-order valence-electron chi connectivity index (χ4n) is 1.25. The second-order valence-corrected chi connectivity index (χ2v) is 5.60. The maximum atomic E-state index is 11.8. The molecule has 0 aromatic heterocycles. The molecule has 0 bridgehead atoms. The SMILES string of the molecule is CC=CCCS(=O)(=O)c1ccc(C)cc1. The number of hydrogen-bond acceptors (Lipinski definition) is 2. The first-order valence-electron chi connectivity index (χ1n) is 4.97. The van der Waals surface area contributed by atoms with Crippen LogP contribution in [0.1, 0.15) is 18.9 Å². The molecule has 0 spiro atoms. The first-order valence-corrected chi connectivity index (χ1v) is 6.62. The molecular weight excluding hydrogens is 208 g/mol. The van der Waals surface area contributed by atoms with Gasteiger partial charge in [0.05, 0.1) is 10.6 Å². The Bertz CT molecular complexity index is 427. The van der Waals surface area contributed by atoms with Gasteiger partial charge in [-0.3, -0.25) is 0 Å². The summed E-state index contributed by atoms with van der Waals surface area (Å²) in [5.41, 5.74) is 1.07. The third-order valence-corrected chi connectivity index (χ3v) is 3.93. The third-order valence-electron chi connectivity index (χ3n) is 2.17. The van der Waals surface area contributed by atoms with Crippen molar-refractivity contribution in [2.75, 3.05) is 5.75 Å². The van der Waals surface area contributed by atoms with E-state index in [1.807, 2.05) is 38.1 Å². The van der Waals surface area contributed by atoms with Crippen molar-refractivity contribution in [3.63, 3.8) is 0 Å². The molecule has 0 aliphatic carbocycles. The highest BCUT2D eigenvalue weighted by atomic mass is 32.2. The highest BCUT2D eigenvalue weighted by Crippen LogP contribution is 2.13. The second-order valence-electron chi connectivity index (χ2n) is 3.49. The van der Waals surface area contributed by atoms with Gasteiger partial charge in [-0.1, -0.05) is 29.8 Å². The molecule has 1 aromatic carbocycles. The van der Waals surface area contributed by atoms with Crippen LogP contribution in [0.4, 0.5) is 0 Å². The van der Waals surface area contributed by atoms with E-state index in [9.17, 15) is 8.42 Å². The van der Waals surface area contributed by atoms with Crippen LogP contribution in [-0.2, 0) is 9.84 Å². The zero-order valence-corrected chi connectivity index (χ0v) is 9.92. The van der Waals surface area contributed by atoms with Crippen molar-refractivity contribution in [1.82, 2.24) is 0 Å². The zero-order chi connectivity index (χ0) is 11.3. The van der Waals surface area contributed by atoms with Gasteiger partial charge in [0.2, 0.25) is 0 Å². The average molecular weight is 224 g/mol. The summed E-state index contributed by atoms with van der Waals surface area (Å²) in [6.07, 6.45) is 4.31. The molecule has 0 fully saturated rings. The van der Waals surface area contributed by atoms with Crippen molar-refractivity contribution >= 4 is 9.84 Å². The summed E-state index contributed by atoms with van der Waals surface area (Å²) in [5.74, 6) is 0.181. The molecule has 0 saturated carbocycles. The molecule has 0 unspecified atom stereocenters. The van der Waals surface area contributed by atoms with E-state index in [0.29, 0.717) is 11.3 Å². The zero-order valence-electron chi connectivity index (χ0n) is 9.10. The molecule has 0 N–H and O–H groups in total.